The number of carbonyl (C=O) groups is 2. The Balaban J connectivity index is 1.56. The first-order chi connectivity index (χ1) is 11.5. The smallest absolute Gasteiger partial charge is 0.315 e. The second kappa shape index (κ2) is 6.90. The molecule has 3 aliphatic carbocycles. The topological polar surface area (TPSA) is 81.7 Å². The van der Waals surface area contributed by atoms with Crippen molar-refractivity contribution in [2.75, 3.05) is 27.2 Å². The molecule has 0 saturated heterocycles. The van der Waals surface area contributed by atoms with Gasteiger partial charge >= 0.3 is 6.03 Å². The fourth-order valence-electron chi connectivity index (χ4n) is 5.34. The molecular weight excluding hydrogens is 306 g/mol. The summed E-state index contributed by atoms with van der Waals surface area (Å²) in [5.74, 6) is 1.37. The minimum Gasteiger partial charge on any atom is -0.396 e. The molecule has 3 aliphatic rings. The van der Waals surface area contributed by atoms with E-state index in [4.69, 9.17) is 0 Å². The quantitative estimate of drug-likeness (QED) is 0.708. The molecule has 0 radical (unpaired) electrons. The number of amides is 3. The van der Waals surface area contributed by atoms with Crippen molar-refractivity contribution < 1.29 is 14.7 Å². The van der Waals surface area contributed by atoms with E-state index in [-0.39, 0.29) is 30.5 Å². The SMILES string of the molecule is CN(C)C(=O)C1(CNC(=O)N[C@H]2[C@H]3CC[C@@H](C3)[C@H]2CO)CCCC1. The summed E-state index contributed by atoms with van der Waals surface area (Å²) >= 11 is 0. The van der Waals surface area contributed by atoms with E-state index >= 15 is 0 Å². The summed E-state index contributed by atoms with van der Waals surface area (Å²) in [4.78, 5) is 26.6. The van der Waals surface area contributed by atoms with Gasteiger partial charge in [0.25, 0.3) is 0 Å². The van der Waals surface area contributed by atoms with Crippen molar-refractivity contribution in [2.45, 2.75) is 51.0 Å². The van der Waals surface area contributed by atoms with Gasteiger partial charge in [0.2, 0.25) is 5.91 Å². The second-order valence-electron chi connectivity index (χ2n) is 8.22. The Hall–Kier alpha value is -1.30. The highest BCUT2D eigenvalue weighted by molar-refractivity contribution is 5.84. The number of urea groups is 1. The summed E-state index contributed by atoms with van der Waals surface area (Å²) in [7, 11) is 3.56. The number of nitrogens with zero attached hydrogens (tertiary/aromatic N) is 1. The van der Waals surface area contributed by atoms with Crippen LogP contribution < -0.4 is 10.6 Å². The first-order valence-electron chi connectivity index (χ1n) is 9.34. The Morgan fingerprint density at radius 3 is 2.46 bits per heavy atom. The van der Waals surface area contributed by atoms with Crippen LogP contribution in [0.25, 0.3) is 0 Å². The first kappa shape index (κ1) is 17.5. The standard InChI is InChI=1S/C18H31N3O3/c1-21(2)16(23)18(7-3-4-8-18)11-19-17(24)20-15-13-6-5-12(9-13)14(15)10-22/h12-15,22H,3-11H2,1-2H3,(H2,19,20,24)/t12-,13-,14+,15-/m0/s1. The van der Waals surface area contributed by atoms with Gasteiger partial charge in [-0.1, -0.05) is 12.8 Å². The van der Waals surface area contributed by atoms with Crippen molar-refractivity contribution >= 4 is 11.9 Å². The Kier molecular flexibility index (Phi) is 5.04. The molecule has 0 aromatic carbocycles. The predicted octanol–water partition coefficient (Wildman–Crippen LogP) is 1.34. The number of nitrogens with one attached hydrogen (secondary N) is 2. The summed E-state index contributed by atoms with van der Waals surface area (Å²) in [6.45, 7) is 0.551. The van der Waals surface area contributed by atoms with Gasteiger partial charge in [-0.05, 0) is 43.9 Å². The molecule has 2 bridgehead atoms. The van der Waals surface area contributed by atoms with E-state index in [9.17, 15) is 14.7 Å². The zero-order chi connectivity index (χ0) is 17.3. The lowest BCUT2D eigenvalue weighted by Crippen LogP contribution is -2.52. The van der Waals surface area contributed by atoms with E-state index < -0.39 is 5.41 Å². The van der Waals surface area contributed by atoms with Gasteiger partial charge in [0.1, 0.15) is 0 Å². The molecule has 3 rings (SSSR count). The molecule has 0 aromatic heterocycles. The molecule has 3 N–H and O–H groups in total. The Bertz CT molecular complexity index is 488. The molecule has 3 saturated carbocycles. The molecule has 24 heavy (non-hydrogen) atoms. The van der Waals surface area contributed by atoms with E-state index in [1.54, 1.807) is 19.0 Å². The molecule has 0 spiro atoms. The maximum absolute atomic E-state index is 12.5. The summed E-state index contributed by atoms with van der Waals surface area (Å²) < 4.78 is 0. The molecule has 4 atom stereocenters. The highest BCUT2D eigenvalue weighted by atomic mass is 16.3. The maximum atomic E-state index is 12.5. The Morgan fingerprint density at radius 1 is 1.17 bits per heavy atom. The average molecular weight is 337 g/mol. The molecule has 6 nitrogen and oxygen atoms in total. The van der Waals surface area contributed by atoms with Crippen molar-refractivity contribution in [2.24, 2.45) is 23.2 Å². The maximum Gasteiger partial charge on any atom is 0.315 e. The molecule has 0 aliphatic heterocycles. The summed E-state index contributed by atoms with van der Waals surface area (Å²) in [5, 5.41) is 15.7. The van der Waals surface area contributed by atoms with Crippen molar-refractivity contribution in [1.29, 1.82) is 0 Å². The number of aliphatic hydroxyl groups excluding tert-OH is 1. The summed E-state index contributed by atoms with van der Waals surface area (Å²) in [6.07, 6.45) is 7.23. The number of hydrogen-bond acceptors (Lipinski definition) is 3. The van der Waals surface area contributed by atoms with Crippen LogP contribution >= 0.6 is 0 Å². The molecule has 6 heteroatoms. The van der Waals surface area contributed by atoms with Gasteiger partial charge in [0.15, 0.2) is 0 Å². The van der Waals surface area contributed by atoms with Gasteiger partial charge in [-0.2, -0.15) is 0 Å². The fourth-order valence-corrected chi connectivity index (χ4v) is 5.34. The fraction of sp³-hybridized carbons (Fsp3) is 0.889. The van der Waals surface area contributed by atoms with E-state index in [1.807, 2.05) is 0 Å². The minimum absolute atomic E-state index is 0.0813. The van der Waals surface area contributed by atoms with Crippen molar-refractivity contribution in [3.8, 4) is 0 Å². The Morgan fingerprint density at radius 2 is 1.83 bits per heavy atom. The van der Waals surface area contributed by atoms with Crippen LogP contribution in [0.1, 0.15) is 44.9 Å². The molecule has 3 fully saturated rings. The number of carbonyl (C=O) groups excluding carboxylic acids is 2. The van der Waals surface area contributed by atoms with Crippen molar-refractivity contribution in [3.63, 3.8) is 0 Å². The summed E-state index contributed by atoms with van der Waals surface area (Å²) in [6, 6.07) is -0.110. The summed E-state index contributed by atoms with van der Waals surface area (Å²) in [5.41, 5.74) is -0.439. The van der Waals surface area contributed by atoms with Crippen molar-refractivity contribution in [1.82, 2.24) is 15.5 Å². The lowest BCUT2D eigenvalue weighted by Gasteiger charge is -2.33. The third-order valence-electron chi connectivity index (χ3n) is 6.60. The third kappa shape index (κ3) is 3.13. The lowest BCUT2D eigenvalue weighted by atomic mass is 9.84. The van der Waals surface area contributed by atoms with Crippen LogP contribution in [-0.2, 0) is 4.79 Å². The zero-order valence-electron chi connectivity index (χ0n) is 14.9. The monoisotopic (exact) mass is 337 g/mol. The second-order valence-corrected chi connectivity index (χ2v) is 8.22. The van der Waals surface area contributed by atoms with Crippen LogP contribution in [0.15, 0.2) is 0 Å². The number of fused-ring (bicyclic) bond motifs is 2. The molecule has 3 amide bonds. The van der Waals surface area contributed by atoms with Crippen LogP contribution in [0.5, 0.6) is 0 Å². The van der Waals surface area contributed by atoms with Crippen LogP contribution in [0.3, 0.4) is 0 Å². The third-order valence-corrected chi connectivity index (χ3v) is 6.60. The highest BCUT2D eigenvalue weighted by Gasteiger charge is 2.48. The normalized spacial score (nSPS) is 33.5. The van der Waals surface area contributed by atoms with E-state index in [0.29, 0.717) is 18.4 Å². The van der Waals surface area contributed by atoms with Gasteiger partial charge < -0.3 is 20.6 Å². The average Bonchev–Trinajstić information content (AvgIpc) is 3.28. The van der Waals surface area contributed by atoms with Crippen LogP contribution in [0.2, 0.25) is 0 Å². The van der Waals surface area contributed by atoms with Crippen LogP contribution in [0.4, 0.5) is 4.79 Å². The van der Waals surface area contributed by atoms with Gasteiger partial charge in [0, 0.05) is 39.2 Å². The van der Waals surface area contributed by atoms with Gasteiger partial charge in [0.05, 0.1) is 5.41 Å². The molecule has 0 heterocycles. The number of aliphatic hydroxyl groups is 1. The zero-order valence-corrected chi connectivity index (χ0v) is 14.9. The van der Waals surface area contributed by atoms with Crippen LogP contribution in [-0.4, -0.2) is 55.2 Å². The molecule has 0 aromatic rings. The molecule has 136 valence electrons. The minimum atomic E-state index is -0.439. The van der Waals surface area contributed by atoms with E-state index in [2.05, 4.69) is 10.6 Å². The van der Waals surface area contributed by atoms with Gasteiger partial charge in [-0.25, -0.2) is 4.79 Å². The number of hydrogen-bond donors (Lipinski definition) is 3. The van der Waals surface area contributed by atoms with Gasteiger partial charge in [-0.3, -0.25) is 4.79 Å². The molecular formula is C18H31N3O3. The predicted molar refractivity (Wildman–Crippen MR) is 91.3 cm³/mol. The highest BCUT2D eigenvalue weighted by Crippen LogP contribution is 2.48. The lowest BCUT2D eigenvalue weighted by molar-refractivity contribution is -0.138. The van der Waals surface area contributed by atoms with Crippen molar-refractivity contribution in [3.05, 3.63) is 0 Å². The van der Waals surface area contributed by atoms with Gasteiger partial charge in [-0.15, -0.1) is 0 Å². The van der Waals surface area contributed by atoms with E-state index in [1.165, 1.54) is 6.42 Å². The largest absolute Gasteiger partial charge is 0.396 e. The van der Waals surface area contributed by atoms with E-state index in [0.717, 1.165) is 38.5 Å². The molecule has 0 unspecified atom stereocenters. The first-order valence-corrected chi connectivity index (χ1v) is 9.34. The Labute approximate surface area is 144 Å². The van der Waals surface area contributed by atoms with Crippen LogP contribution in [0, 0.1) is 23.2 Å². The number of rotatable bonds is 5.